The minimum atomic E-state index is 0.0337. The molecule has 15 heavy (non-hydrogen) atoms. The first kappa shape index (κ1) is 10.1. The molecule has 0 spiro atoms. The molecule has 3 rings (SSSR count). The summed E-state index contributed by atoms with van der Waals surface area (Å²) in [5.41, 5.74) is 0. The summed E-state index contributed by atoms with van der Waals surface area (Å²) in [5, 5.41) is 9.74. The van der Waals surface area contributed by atoms with Crippen molar-refractivity contribution in [2.45, 2.75) is 63.9 Å². The summed E-state index contributed by atoms with van der Waals surface area (Å²) in [4.78, 5) is 0. The van der Waals surface area contributed by atoms with Gasteiger partial charge in [-0.3, -0.25) is 0 Å². The molecule has 0 aromatic carbocycles. The third-order valence-corrected chi connectivity index (χ3v) is 5.39. The summed E-state index contributed by atoms with van der Waals surface area (Å²) < 4.78 is 0. The number of hydrogen-bond donors (Lipinski definition) is 1. The van der Waals surface area contributed by atoms with E-state index in [1.807, 2.05) is 0 Å². The number of hydrogen-bond acceptors (Lipinski definition) is 1. The zero-order valence-corrected chi connectivity index (χ0v) is 9.70. The van der Waals surface area contributed by atoms with Crippen LogP contribution in [0.2, 0.25) is 0 Å². The highest BCUT2D eigenvalue weighted by molar-refractivity contribution is 4.91. The molecule has 0 radical (unpaired) electrons. The van der Waals surface area contributed by atoms with Gasteiger partial charge in [-0.2, -0.15) is 0 Å². The lowest BCUT2D eigenvalue weighted by Crippen LogP contribution is -2.38. The van der Waals surface area contributed by atoms with Crippen LogP contribution in [0, 0.1) is 23.7 Å². The Hall–Kier alpha value is -0.0400. The molecule has 1 nitrogen and oxygen atoms in total. The first-order valence-corrected chi connectivity index (χ1v) is 7.01. The highest BCUT2D eigenvalue weighted by atomic mass is 16.3. The molecule has 0 aliphatic heterocycles. The maximum absolute atomic E-state index is 9.74. The molecule has 3 saturated carbocycles. The van der Waals surface area contributed by atoms with E-state index in [1.165, 1.54) is 44.9 Å². The molecule has 1 heteroatoms. The lowest BCUT2D eigenvalue weighted by atomic mass is 9.59. The van der Waals surface area contributed by atoms with Crippen LogP contribution in [0.4, 0.5) is 0 Å². The molecule has 0 aromatic rings. The third-order valence-electron chi connectivity index (χ3n) is 5.39. The van der Waals surface area contributed by atoms with E-state index in [-0.39, 0.29) is 6.10 Å². The zero-order chi connectivity index (χ0) is 10.3. The summed E-state index contributed by atoms with van der Waals surface area (Å²) >= 11 is 0. The monoisotopic (exact) mass is 208 g/mol. The fourth-order valence-corrected chi connectivity index (χ4v) is 4.58. The Bertz CT molecular complexity index is 225. The molecule has 5 atom stereocenters. The highest BCUT2D eigenvalue weighted by Gasteiger charge is 2.40. The van der Waals surface area contributed by atoms with E-state index in [2.05, 4.69) is 0 Å². The van der Waals surface area contributed by atoms with Gasteiger partial charge in [0.2, 0.25) is 0 Å². The number of aliphatic hydroxyl groups excluding tert-OH is 1. The molecular weight excluding hydrogens is 184 g/mol. The predicted octanol–water partition coefficient (Wildman–Crippen LogP) is 3.36. The van der Waals surface area contributed by atoms with Gasteiger partial charge in [-0.1, -0.05) is 25.7 Å². The van der Waals surface area contributed by atoms with E-state index in [0.29, 0.717) is 0 Å². The van der Waals surface area contributed by atoms with Gasteiger partial charge in [0.15, 0.2) is 0 Å². The van der Waals surface area contributed by atoms with Crippen LogP contribution < -0.4 is 0 Å². The number of fused-ring (bicyclic) bond motifs is 2. The molecule has 0 heterocycles. The summed E-state index contributed by atoms with van der Waals surface area (Å²) in [6, 6.07) is 0. The number of rotatable bonds is 0. The Kier molecular flexibility index (Phi) is 2.76. The predicted molar refractivity (Wildman–Crippen MR) is 61.5 cm³/mol. The summed E-state index contributed by atoms with van der Waals surface area (Å²) in [6.07, 6.45) is 12.5. The van der Waals surface area contributed by atoms with Gasteiger partial charge in [0.25, 0.3) is 0 Å². The van der Waals surface area contributed by atoms with E-state index < -0.39 is 0 Å². The van der Waals surface area contributed by atoms with Crippen molar-refractivity contribution >= 4 is 0 Å². The maximum Gasteiger partial charge on any atom is 0.0543 e. The van der Waals surface area contributed by atoms with E-state index in [4.69, 9.17) is 0 Å². The van der Waals surface area contributed by atoms with Crippen LogP contribution in [0.15, 0.2) is 0 Å². The van der Waals surface area contributed by atoms with Crippen molar-refractivity contribution in [2.75, 3.05) is 0 Å². The summed E-state index contributed by atoms with van der Waals surface area (Å²) in [7, 11) is 0. The van der Waals surface area contributed by atoms with Crippen LogP contribution in [0.3, 0.4) is 0 Å². The maximum atomic E-state index is 9.74. The molecule has 3 aliphatic carbocycles. The first-order valence-electron chi connectivity index (χ1n) is 7.01. The Labute approximate surface area is 93.3 Å². The van der Waals surface area contributed by atoms with Gasteiger partial charge in [0.1, 0.15) is 0 Å². The van der Waals surface area contributed by atoms with E-state index in [0.717, 1.165) is 36.5 Å². The SMILES string of the molecule is OC1CCC2CC3CCCCC3CC2C1. The highest BCUT2D eigenvalue weighted by Crippen LogP contribution is 2.49. The zero-order valence-electron chi connectivity index (χ0n) is 9.70. The minimum absolute atomic E-state index is 0.0337. The Morgan fingerprint density at radius 1 is 0.600 bits per heavy atom. The second-order valence-corrected chi connectivity index (χ2v) is 6.26. The van der Waals surface area contributed by atoms with Crippen molar-refractivity contribution in [1.29, 1.82) is 0 Å². The lowest BCUT2D eigenvalue weighted by molar-refractivity contribution is 0.000862. The molecule has 0 amide bonds. The second kappa shape index (κ2) is 4.08. The molecule has 0 bridgehead atoms. The third kappa shape index (κ3) is 1.95. The van der Waals surface area contributed by atoms with Crippen LogP contribution in [-0.2, 0) is 0 Å². The largest absolute Gasteiger partial charge is 0.393 e. The second-order valence-electron chi connectivity index (χ2n) is 6.26. The molecular formula is C14H24O. The lowest BCUT2D eigenvalue weighted by Gasteiger charge is -2.47. The summed E-state index contributed by atoms with van der Waals surface area (Å²) in [6.45, 7) is 0. The van der Waals surface area contributed by atoms with Crippen molar-refractivity contribution in [3.05, 3.63) is 0 Å². The Morgan fingerprint density at radius 2 is 1.20 bits per heavy atom. The fraction of sp³-hybridized carbons (Fsp3) is 1.00. The van der Waals surface area contributed by atoms with Crippen molar-refractivity contribution in [3.63, 3.8) is 0 Å². The fourth-order valence-electron chi connectivity index (χ4n) is 4.58. The van der Waals surface area contributed by atoms with Gasteiger partial charge in [0, 0.05) is 0 Å². The van der Waals surface area contributed by atoms with Crippen LogP contribution in [0.5, 0.6) is 0 Å². The van der Waals surface area contributed by atoms with Crippen molar-refractivity contribution < 1.29 is 5.11 Å². The molecule has 0 saturated heterocycles. The van der Waals surface area contributed by atoms with Crippen LogP contribution in [-0.4, -0.2) is 11.2 Å². The first-order chi connectivity index (χ1) is 7.33. The van der Waals surface area contributed by atoms with Crippen LogP contribution in [0.1, 0.15) is 57.8 Å². The molecule has 86 valence electrons. The Balaban J connectivity index is 1.67. The van der Waals surface area contributed by atoms with Crippen molar-refractivity contribution in [2.24, 2.45) is 23.7 Å². The normalized spacial score (nSPS) is 50.6. The van der Waals surface area contributed by atoms with E-state index in [9.17, 15) is 5.11 Å². The minimum Gasteiger partial charge on any atom is -0.393 e. The van der Waals surface area contributed by atoms with Gasteiger partial charge < -0.3 is 5.11 Å². The van der Waals surface area contributed by atoms with Crippen molar-refractivity contribution in [3.8, 4) is 0 Å². The summed E-state index contributed by atoms with van der Waals surface area (Å²) in [5.74, 6) is 3.96. The van der Waals surface area contributed by atoms with Crippen molar-refractivity contribution in [1.82, 2.24) is 0 Å². The smallest absolute Gasteiger partial charge is 0.0543 e. The standard InChI is InChI=1S/C14H24O/c15-14-6-5-12-7-10-3-1-2-4-11(10)8-13(12)9-14/h10-15H,1-9H2. The quantitative estimate of drug-likeness (QED) is 0.647. The topological polar surface area (TPSA) is 20.2 Å². The van der Waals surface area contributed by atoms with Crippen LogP contribution >= 0.6 is 0 Å². The molecule has 3 fully saturated rings. The van der Waals surface area contributed by atoms with Crippen LogP contribution in [0.25, 0.3) is 0 Å². The average Bonchev–Trinajstić information content (AvgIpc) is 2.26. The van der Waals surface area contributed by atoms with Gasteiger partial charge in [0.05, 0.1) is 6.10 Å². The van der Waals surface area contributed by atoms with Gasteiger partial charge in [-0.15, -0.1) is 0 Å². The van der Waals surface area contributed by atoms with E-state index >= 15 is 0 Å². The van der Waals surface area contributed by atoms with Gasteiger partial charge in [-0.25, -0.2) is 0 Å². The Morgan fingerprint density at radius 3 is 1.93 bits per heavy atom. The molecule has 1 N–H and O–H groups in total. The van der Waals surface area contributed by atoms with E-state index in [1.54, 1.807) is 0 Å². The molecule has 0 aromatic heterocycles. The van der Waals surface area contributed by atoms with Gasteiger partial charge in [-0.05, 0) is 55.8 Å². The molecule has 5 unspecified atom stereocenters. The van der Waals surface area contributed by atoms with Gasteiger partial charge >= 0.3 is 0 Å². The average molecular weight is 208 g/mol. The number of aliphatic hydroxyl groups is 1. The molecule has 3 aliphatic rings.